The second kappa shape index (κ2) is 5.41. The second-order valence-corrected chi connectivity index (χ2v) is 4.43. The molecule has 0 bridgehead atoms. The molecule has 16 heavy (non-hydrogen) atoms. The van der Waals surface area contributed by atoms with Gasteiger partial charge in [0.25, 0.3) is 0 Å². The van der Waals surface area contributed by atoms with Crippen molar-refractivity contribution in [3.05, 3.63) is 35.6 Å². The Kier molecular flexibility index (Phi) is 3.91. The first kappa shape index (κ1) is 11.6. The predicted molar refractivity (Wildman–Crippen MR) is 64.0 cm³/mol. The zero-order valence-corrected chi connectivity index (χ0v) is 9.75. The van der Waals surface area contributed by atoms with Crippen LogP contribution in [0.3, 0.4) is 0 Å². The molecule has 0 aliphatic carbocycles. The predicted octanol–water partition coefficient (Wildman–Crippen LogP) is 1.66. The largest absolute Gasteiger partial charge is 0.314 e. The maximum absolute atomic E-state index is 13.5. The Bertz CT molecular complexity index is 334. The van der Waals surface area contributed by atoms with Gasteiger partial charge < -0.3 is 5.32 Å². The zero-order valence-electron chi connectivity index (χ0n) is 9.75. The van der Waals surface area contributed by atoms with Crippen LogP contribution in [0, 0.1) is 5.82 Å². The lowest BCUT2D eigenvalue weighted by Gasteiger charge is -2.32. The zero-order chi connectivity index (χ0) is 11.4. The van der Waals surface area contributed by atoms with E-state index in [1.807, 2.05) is 12.1 Å². The summed E-state index contributed by atoms with van der Waals surface area (Å²) in [4.78, 5) is 2.42. The summed E-state index contributed by atoms with van der Waals surface area (Å²) in [7, 11) is 0. The molecule has 2 nitrogen and oxygen atoms in total. The van der Waals surface area contributed by atoms with Crippen LogP contribution in [-0.2, 0) is 6.42 Å². The van der Waals surface area contributed by atoms with Crippen LogP contribution in [0.15, 0.2) is 24.3 Å². The van der Waals surface area contributed by atoms with Crippen LogP contribution in [0.5, 0.6) is 0 Å². The summed E-state index contributed by atoms with van der Waals surface area (Å²) in [5.74, 6) is -0.0792. The molecule has 1 unspecified atom stereocenters. The first-order valence-electron chi connectivity index (χ1n) is 5.95. The van der Waals surface area contributed by atoms with E-state index in [-0.39, 0.29) is 5.82 Å². The van der Waals surface area contributed by atoms with Crippen LogP contribution in [0.25, 0.3) is 0 Å². The molecule has 0 saturated carbocycles. The number of halogens is 1. The molecule has 88 valence electrons. The van der Waals surface area contributed by atoms with Gasteiger partial charge in [-0.05, 0) is 25.0 Å². The van der Waals surface area contributed by atoms with Gasteiger partial charge >= 0.3 is 0 Å². The maximum Gasteiger partial charge on any atom is 0.126 e. The summed E-state index contributed by atoms with van der Waals surface area (Å²) >= 11 is 0. The summed E-state index contributed by atoms with van der Waals surface area (Å²) in [6.45, 7) is 6.40. The SMILES string of the molecule is CC(Cc1ccccc1F)N1CCNCC1. The minimum Gasteiger partial charge on any atom is -0.314 e. The fourth-order valence-electron chi connectivity index (χ4n) is 2.23. The number of benzene rings is 1. The highest BCUT2D eigenvalue weighted by atomic mass is 19.1. The highest BCUT2D eigenvalue weighted by molar-refractivity contribution is 5.18. The Morgan fingerprint density at radius 3 is 2.69 bits per heavy atom. The Balaban J connectivity index is 1.96. The van der Waals surface area contributed by atoms with E-state index in [0.717, 1.165) is 38.2 Å². The van der Waals surface area contributed by atoms with E-state index < -0.39 is 0 Å². The molecular formula is C13H19FN2. The fraction of sp³-hybridized carbons (Fsp3) is 0.538. The molecular weight excluding hydrogens is 203 g/mol. The average Bonchev–Trinajstić information content (AvgIpc) is 2.33. The molecule has 1 aliphatic rings. The maximum atomic E-state index is 13.5. The summed E-state index contributed by atoms with van der Waals surface area (Å²) in [5.41, 5.74) is 0.827. The van der Waals surface area contributed by atoms with Crippen molar-refractivity contribution < 1.29 is 4.39 Å². The normalized spacial score (nSPS) is 19.6. The summed E-state index contributed by atoms with van der Waals surface area (Å²) < 4.78 is 13.5. The molecule has 0 radical (unpaired) electrons. The van der Waals surface area contributed by atoms with Crippen molar-refractivity contribution in [3.63, 3.8) is 0 Å². The fourth-order valence-corrected chi connectivity index (χ4v) is 2.23. The van der Waals surface area contributed by atoms with E-state index in [2.05, 4.69) is 17.1 Å². The van der Waals surface area contributed by atoms with Gasteiger partial charge in [0.15, 0.2) is 0 Å². The van der Waals surface area contributed by atoms with Crippen molar-refractivity contribution in [1.29, 1.82) is 0 Å². The molecule has 0 spiro atoms. The summed E-state index contributed by atoms with van der Waals surface area (Å²) in [5, 5.41) is 3.33. The molecule has 0 amide bonds. The molecule has 3 heteroatoms. The number of nitrogens with one attached hydrogen (secondary N) is 1. The average molecular weight is 222 g/mol. The third-order valence-electron chi connectivity index (χ3n) is 3.25. The van der Waals surface area contributed by atoms with Gasteiger partial charge in [-0.25, -0.2) is 4.39 Å². The topological polar surface area (TPSA) is 15.3 Å². The Morgan fingerprint density at radius 1 is 1.31 bits per heavy atom. The minimum absolute atomic E-state index is 0.0792. The molecule has 1 saturated heterocycles. The van der Waals surface area contributed by atoms with E-state index >= 15 is 0 Å². The lowest BCUT2D eigenvalue weighted by atomic mass is 10.0. The second-order valence-electron chi connectivity index (χ2n) is 4.43. The molecule has 1 heterocycles. The lowest BCUT2D eigenvalue weighted by Crippen LogP contribution is -2.48. The number of nitrogens with zero attached hydrogens (tertiary/aromatic N) is 1. The molecule has 1 atom stereocenters. The third kappa shape index (κ3) is 2.80. The van der Waals surface area contributed by atoms with E-state index in [1.54, 1.807) is 12.1 Å². The Morgan fingerprint density at radius 2 is 2.00 bits per heavy atom. The number of piperazine rings is 1. The number of hydrogen-bond acceptors (Lipinski definition) is 2. The Hall–Kier alpha value is -0.930. The van der Waals surface area contributed by atoms with Crippen LogP contribution in [0.2, 0.25) is 0 Å². The third-order valence-corrected chi connectivity index (χ3v) is 3.25. The van der Waals surface area contributed by atoms with Gasteiger partial charge in [-0.3, -0.25) is 4.90 Å². The van der Waals surface area contributed by atoms with Crippen LogP contribution in [0.4, 0.5) is 4.39 Å². The minimum atomic E-state index is -0.0792. The molecule has 1 fully saturated rings. The van der Waals surface area contributed by atoms with Gasteiger partial charge in [-0.15, -0.1) is 0 Å². The highest BCUT2D eigenvalue weighted by Gasteiger charge is 2.17. The smallest absolute Gasteiger partial charge is 0.126 e. The highest BCUT2D eigenvalue weighted by Crippen LogP contribution is 2.12. The number of rotatable bonds is 3. The van der Waals surface area contributed by atoms with Gasteiger partial charge in [0.2, 0.25) is 0 Å². The molecule has 1 aliphatic heterocycles. The summed E-state index contributed by atoms with van der Waals surface area (Å²) in [6, 6.07) is 7.49. The van der Waals surface area contributed by atoms with E-state index in [1.165, 1.54) is 0 Å². The Labute approximate surface area is 96.5 Å². The molecule has 2 rings (SSSR count). The van der Waals surface area contributed by atoms with Gasteiger partial charge in [-0.2, -0.15) is 0 Å². The standard InChI is InChI=1S/C13H19FN2/c1-11(16-8-6-15-7-9-16)10-12-4-2-3-5-13(12)14/h2-5,11,15H,6-10H2,1H3. The van der Waals surface area contributed by atoms with Crippen molar-refractivity contribution in [2.45, 2.75) is 19.4 Å². The molecule has 1 aromatic rings. The van der Waals surface area contributed by atoms with Crippen LogP contribution < -0.4 is 5.32 Å². The van der Waals surface area contributed by atoms with Gasteiger partial charge in [0, 0.05) is 32.2 Å². The number of hydrogen-bond donors (Lipinski definition) is 1. The molecule has 0 aromatic heterocycles. The van der Waals surface area contributed by atoms with E-state index in [4.69, 9.17) is 0 Å². The monoisotopic (exact) mass is 222 g/mol. The van der Waals surface area contributed by atoms with Crippen molar-refractivity contribution in [1.82, 2.24) is 10.2 Å². The first-order chi connectivity index (χ1) is 7.77. The molecule has 1 aromatic carbocycles. The van der Waals surface area contributed by atoms with Crippen LogP contribution >= 0.6 is 0 Å². The van der Waals surface area contributed by atoms with Crippen LogP contribution in [0.1, 0.15) is 12.5 Å². The van der Waals surface area contributed by atoms with Gasteiger partial charge in [-0.1, -0.05) is 18.2 Å². The quantitative estimate of drug-likeness (QED) is 0.836. The van der Waals surface area contributed by atoms with Gasteiger partial charge in [0.1, 0.15) is 5.82 Å². The van der Waals surface area contributed by atoms with Gasteiger partial charge in [0.05, 0.1) is 0 Å². The van der Waals surface area contributed by atoms with Crippen molar-refractivity contribution >= 4 is 0 Å². The van der Waals surface area contributed by atoms with Crippen molar-refractivity contribution in [2.24, 2.45) is 0 Å². The lowest BCUT2D eigenvalue weighted by molar-refractivity contribution is 0.182. The van der Waals surface area contributed by atoms with Crippen LogP contribution in [-0.4, -0.2) is 37.1 Å². The van der Waals surface area contributed by atoms with E-state index in [9.17, 15) is 4.39 Å². The van der Waals surface area contributed by atoms with Crippen molar-refractivity contribution in [2.75, 3.05) is 26.2 Å². The van der Waals surface area contributed by atoms with Crippen molar-refractivity contribution in [3.8, 4) is 0 Å². The van der Waals surface area contributed by atoms with E-state index in [0.29, 0.717) is 6.04 Å². The first-order valence-corrected chi connectivity index (χ1v) is 5.95. The summed E-state index contributed by atoms with van der Waals surface area (Å²) in [6.07, 6.45) is 0.798. The molecule has 1 N–H and O–H groups in total.